The molecule has 0 aliphatic carbocycles. The highest BCUT2D eigenvalue weighted by atomic mass is 16.2. The first kappa shape index (κ1) is 15.7. The number of rotatable bonds is 4. The van der Waals surface area contributed by atoms with Crippen LogP contribution in [0.25, 0.3) is 11.3 Å². The van der Waals surface area contributed by atoms with Crippen molar-refractivity contribution in [2.45, 2.75) is 13.5 Å². The van der Waals surface area contributed by atoms with E-state index in [1.165, 1.54) is 0 Å². The van der Waals surface area contributed by atoms with Crippen LogP contribution in [-0.2, 0) is 6.54 Å². The Bertz CT molecular complexity index is 897. The molecule has 0 bridgehead atoms. The van der Waals surface area contributed by atoms with Crippen molar-refractivity contribution in [2.75, 3.05) is 0 Å². The second kappa shape index (κ2) is 6.96. The summed E-state index contributed by atoms with van der Waals surface area (Å²) in [5, 5.41) is 2.76. The van der Waals surface area contributed by atoms with Gasteiger partial charge in [0.15, 0.2) is 0 Å². The normalized spacial score (nSPS) is 10.4. The van der Waals surface area contributed by atoms with E-state index in [0.717, 1.165) is 16.7 Å². The molecule has 3 rings (SSSR count). The molecule has 24 heavy (non-hydrogen) atoms. The highest BCUT2D eigenvalue weighted by molar-refractivity contribution is 5.94. The molecule has 0 atom stereocenters. The van der Waals surface area contributed by atoms with Crippen LogP contribution in [0.4, 0.5) is 0 Å². The Morgan fingerprint density at radius 3 is 2.33 bits per heavy atom. The Morgan fingerprint density at radius 1 is 0.958 bits per heavy atom. The molecule has 0 radical (unpaired) electrons. The van der Waals surface area contributed by atoms with Gasteiger partial charge in [0, 0.05) is 12.2 Å². The number of aromatic nitrogens is 1. The van der Waals surface area contributed by atoms with E-state index in [0.29, 0.717) is 12.2 Å². The minimum absolute atomic E-state index is 0.113. The van der Waals surface area contributed by atoms with Crippen LogP contribution in [0.3, 0.4) is 0 Å². The summed E-state index contributed by atoms with van der Waals surface area (Å²) in [6, 6.07) is 20.7. The van der Waals surface area contributed by atoms with E-state index in [1.807, 2.05) is 61.5 Å². The van der Waals surface area contributed by atoms with Crippen molar-refractivity contribution in [3.63, 3.8) is 0 Å². The smallest absolute Gasteiger partial charge is 0.261 e. The fourth-order valence-corrected chi connectivity index (χ4v) is 2.43. The average molecular weight is 318 g/mol. The van der Waals surface area contributed by atoms with Gasteiger partial charge < -0.3 is 10.3 Å². The van der Waals surface area contributed by atoms with Crippen molar-refractivity contribution in [3.05, 3.63) is 93.8 Å². The van der Waals surface area contributed by atoms with E-state index in [-0.39, 0.29) is 11.5 Å². The predicted octanol–water partition coefficient (Wildman–Crippen LogP) is 3.28. The van der Waals surface area contributed by atoms with Gasteiger partial charge in [0.2, 0.25) is 0 Å². The Balaban J connectivity index is 1.76. The fourth-order valence-electron chi connectivity index (χ4n) is 2.43. The molecule has 0 spiro atoms. The quantitative estimate of drug-likeness (QED) is 0.775. The zero-order chi connectivity index (χ0) is 16.9. The number of pyridine rings is 1. The third-order valence-electron chi connectivity index (χ3n) is 3.81. The molecule has 0 saturated carbocycles. The number of carbonyl (C=O) groups excluding carboxylic acids is 1. The lowest BCUT2D eigenvalue weighted by Crippen LogP contribution is -2.29. The van der Waals surface area contributed by atoms with E-state index in [4.69, 9.17) is 0 Å². The van der Waals surface area contributed by atoms with Crippen LogP contribution in [0.2, 0.25) is 0 Å². The molecule has 0 aliphatic heterocycles. The molecule has 0 saturated heterocycles. The molecule has 0 unspecified atom stereocenters. The number of carbonyl (C=O) groups is 1. The lowest BCUT2D eigenvalue weighted by atomic mass is 10.1. The van der Waals surface area contributed by atoms with Crippen LogP contribution in [0.1, 0.15) is 21.5 Å². The van der Waals surface area contributed by atoms with Crippen LogP contribution in [0.15, 0.2) is 71.5 Å². The average Bonchev–Trinajstić information content (AvgIpc) is 2.61. The summed E-state index contributed by atoms with van der Waals surface area (Å²) in [7, 11) is 0. The molecule has 3 aromatic rings. The number of benzene rings is 2. The molecule has 2 aromatic carbocycles. The molecule has 1 heterocycles. The van der Waals surface area contributed by atoms with E-state index in [2.05, 4.69) is 10.3 Å². The van der Waals surface area contributed by atoms with Crippen molar-refractivity contribution in [3.8, 4) is 11.3 Å². The van der Waals surface area contributed by atoms with Gasteiger partial charge in [-0.15, -0.1) is 0 Å². The van der Waals surface area contributed by atoms with Crippen LogP contribution in [0.5, 0.6) is 0 Å². The molecular weight excluding hydrogens is 300 g/mol. The Labute approximate surface area is 140 Å². The molecule has 0 aliphatic rings. The van der Waals surface area contributed by atoms with Crippen LogP contribution in [0, 0.1) is 6.92 Å². The van der Waals surface area contributed by atoms with Crippen LogP contribution >= 0.6 is 0 Å². The number of hydrogen-bond acceptors (Lipinski definition) is 2. The minimum atomic E-state index is -0.390. The maximum absolute atomic E-state index is 12.2. The lowest BCUT2D eigenvalue weighted by molar-refractivity contribution is 0.0949. The largest absolute Gasteiger partial charge is 0.348 e. The molecule has 4 nitrogen and oxygen atoms in total. The van der Waals surface area contributed by atoms with Gasteiger partial charge in [-0.3, -0.25) is 9.59 Å². The topological polar surface area (TPSA) is 62.0 Å². The minimum Gasteiger partial charge on any atom is -0.348 e. The first-order valence-electron chi connectivity index (χ1n) is 7.76. The van der Waals surface area contributed by atoms with E-state index in [1.54, 1.807) is 12.1 Å². The number of H-pyrrole nitrogens is 1. The Morgan fingerprint density at radius 2 is 1.67 bits per heavy atom. The summed E-state index contributed by atoms with van der Waals surface area (Å²) >= 11 is 0. The summed E-state index contributed by atoms with van der Waals surface area (Å²) in [5.41, 5.74) is 3.46. The number of hydrogen-bond donors (Lipinski definition) is 2. The Kier molecular flexibility index (Phi) is 4.57. The van der Waals surface area contributed by atoms with Gasteiger partial charge in [-0.2, -0.15) is 0 Å². The standard InChI is InChI=1S/C20H18N2O2/c1-14-7-9-16(10-8-14)18-12-11-17(20(24)22-18)19(23)21-13-15-5-3-2-4-6-15/h2-12H,13H2,1H3,(H,21,23)(H,22,24). The summed E-state index contributed by atoms with van der Waals surface area (Å²) in [5.74, 6) is -0.379. The summed E-state index contributed by atoms with van der Waals surface area (Å²) in [6.45, 7) is 2.39. The molecule has 0 fully saturated rings. The highest BCUT2D eigenvalue weighted by Gasteiger charge is 2.11. The molecule has 1 amide bonds. The highest BCUT2D eigenvalue weighted by Crippen LogP contribution is 2.16. The molecule has 1 aromatic heterocycles. The molecule has 4 heteroatoms. The van der Waals surface area contributed by atoms with E-state index in [9.17, 15) is 9.59 Å². The molecule has 2 N–H and O–H groups in total. The number of nitrogens with one attached hydrogen (secondary N) is 2. The number of aromatic amines is 1. The third-order valence-corrected chi connectivity index (χ3v) is 3.81. The second-order valence-electron chi connectivity index (χ2n) is 5.65. The lowest BCUT2D eigenvalue weighted by Gasteiger charge is -2.06. The van der Waals surface area contributed by atoms with Gasteiger partial charge in [-0.25, -0.2) is 0 Å². The van der Waals surface area contributed by atoms with Crippen molar-refractivity contribution >= 4 is 5.91 Å². The maximum atomic E-state index is 12.2. The first-order chi connectivity index (χ1) is 11.6. The molecular formula is C20H18N2O2. The summed E-state index contributed by atoms with van der Waals surface area (Å²) in [4.78, 5) is 27.2. The van der Waals surface area contributed by atoms with Crippen molar-refractivity contribution in [2.24, 2.45) is 0 Å². The first-order valence-corrected chi connectivity index (χ1v) is 7.76. The number of amides is 1. The van der Waals surface area contributed by atoms with Crippen LogP contribution < -0.4 is 10.9 Å². The zero-order valence-corrected chi connectivity index (χ0v) is 13.4. The van der Waals surface area contributed by atoms with Gasteiger partial charge >= 0.3 is 0 Å². The monoisotopic (exact) mass is 318 g/mol. The van der Waals surface area contributed by atoms with Crippen LogP contribution in [-0.4, -0.2) is 10.9 Å². The number of aryl methyl sites for hydroxylation is 1. The van der Waals surface area contributed by atoms with E-state index >= 15 is 0 Å². The summed E-state index contributed by atoms with van der Waals surface area (Å²) < 4.78 is 0. The van der Waals surface area contributed by atoms with Crippen molar-refractivity contribution in [1.82, 2.24) is 10.3 Å². The van der Waals surface area contributed by atoms with E-state index < -0.39 is 5.56 Å². The SMILES string of the molecule is Cc1ccc(-c2ccc(C(=O)NCc3ccccc3)c(=O)[nH]2)cc1. The molecule has 120 valence electrons. The fraction of sp³-hybridized carbons (Fsp3) is 0.100. The summed E-state index contributed by atoms with van der Waals surface area (Å²) in [6.07, 6.45) is 0. The van der Waals surface area contributed by atoms with Gasteiger partial charge in [-0.1, -0.05) is 60.2 Å². The van der Waals surface area contributed by atoms with Gasteiger partial charge in [-0.05, 0) is 30.2 Å². The maximum Gasteiger partial charge on any atom is 0.261 e. The zero-order valence-electron chi connectivity index (χ0n) is 13.4. The Hall–Kier alpha value is -3.14. The van der Waals surface area contributed by atoms with Gasteiger partial charge in [0.05, 0.1) is 0 Å². The van der Waals surface area contributed by atoms with Gasteiger partial charge in [0.25, 0.3) is 11.5 Å². The third kappa shape index (κ3) is 3.60. The van der Waals surface area contributed by atoms with Crippen molar-refractivity contribution < 1.29 is 4.79 Å². The second-order valence-corrected chi connectivity index (χ2v) is 5.65. The van der Waals surface area contributed by atoms with Gasteiger partial charge in [0.1, 0.15) is 5.56 Å². The van der Waals surface area contributed by atoms with Crippen molar-refractivity contribution in [1.29, 1.82) is 0 Å². The predicted molar refractivity (Wildman–Crippen MR) is 94.8 cm³/mol.